The van der Waals surface area contributed by atoms with E-state index in [0.29, 0.717) is 0 Å². The maximum Gasteiger partial charge on any atom is -0.00773 e. The zero-order chi connectivity index (χ0) is 28.9. The Morgan fingerprint density at radius 3 is 0.950 bits per heavy atom. The minimum atomic E-state index is 0.872. The summed E-state index contributed by atoms with van der Waals surface area (Å²) in [6.45, 7) is 6.43. The molecule has 0 saturated heterocycles. The summed E-state index contributed by atoms with van der Waals surface area (Å²) in [5, 5.41) is 0. The van der Waals surface area contributed by atoms with E-state index in [2.05, 4.69) is 13.8 Å². The normalized spacial score (nSPS) is 21.3. The van der Waals surface area contributed by atoms with Crippen LogP contribution < -0.4 is 11.5 Å². The van der Waals surface area contributed by atoms with E-state index in [-0.39, 0.29) is 0 Å². The number of rotatable bonds is 30. The highest BCUT2D eigenvalue weighted by Gasteiger charge is 2.37. The summed E-state index contributed by atoms with van der Waals surface area (Å²) in [5.74, 6) is 4.11. The highest BCUT2D eigenvalue weighted by molar-refractivity contribution is 4.88. The molecule has 1 rings (SSSR count). The average molecular weight is 563 g/mol. The van der Waals surface area contributed by atoms with E-state index >= 15 is 0 Å². The number of unbranched alkanes of at least 4 members (excludes halogenated alkanes) is 20. The lowest BCUT2D eigenvalue weighted by molar-refractivity contribution is 0.0581. The predicted molar refractivity (Wildman–Crippen MR) is 182 cm³/mol. The third-order valence-electron chi connectivity index (χ3n) is 10.5. The molecule has 1 aliphatic carbocycles. The molecule has 4 unspecified atom stereocenters. The Morgan fingerprint density at radius 1 is 0.350 bits per heavy atom. The van der Waals surface area contributed by atoms with Gasteiger partial charge in [-0.3, -0.25) is 0 Å². The van der Waals surface area contributed by atoms with Crippen molar-refractivity contribution in [3.63, 3.8) is 0 Å². The smallest absolute Gasteiger partial charge is 0.00773 e. The first-order valence-corrected chi connectivity index (χ1v) is 19.2. The molecule has 0 aromatic carbocycles. The van der Waals surface area contributed by atoms with Gasteiger partial charge in [-0.25, -0.2) is 0 Å². The van der Waals surface area contributed by atoms with E-state index in [1.807, 2.05) is 0 Å². The summed E-state index contributed by atoms with van der Waals surface area (Å²) in [7, 11) is 0. The molecule has 0 aromatic heterocycles. The van der Waals surface area contributed by atoms with E-state index in [1.165, 1.54) is 173 Å². The average Bonchev–Trinajstić information content (AvgIpc) is 2.97. The molecule has 2 nitrogen and oxygen atoms in total. The lowest BCUT2D eigenvalue weighted by atomic mass is 9.61. The Morgan fingerprint density at radius 2 is 0.625 bits per heavy atom. The molecule has 0 radical (unpaired) electrons. The van der Waals surface area contributed by atoms with Crippen LogP contribution in [0.3, 0.4) is 0 Å². The Labute approximate surface area is 254 Å². The first-order chi connectivity index (χ1) is 19.8. The first kappa shape index (κ1) is 37.9. The molecule has 1 aliphatic rings. The van der Waals surface area contributed by atoms with Crippen LogP contribution in [-0.4, -0.2) is 13.1 Å². The van der Waals surface area contributed by atoms with Crippen LogP contribution in [0.5, 0.6) is 0 Å². The molecule has 0 bridgehead atoms. The van der Waals surface area contributed by atoms with Gasteiger partial charge < -0.3 is 11.5 Å². The Balaban J connectivity index is 2.71. The van der Waals surface area contributed by atoms with Gasteiger partial charge in [0, 0.05) is 0 Å². The van der Waals surface area contributed by atoms with Gasteiger partial charge in [0.1, 0.15) is 0 Å². The van der Waals surface area contributed by atoms with Gasteiger partial charge >= 0.3 is 0 Å². The van der Waals surface area contributed by atoms with Gasteiger partial charge in [-0.1, -0.05) is 168 Å². The van der Waals surface area contributed by atoms with Gasteiger partial charge in [0.05, 0.1) is 0 Å². The van der Waals surface area contributed by atoms with E-state index in [0.717, 1.165) is 36.8 Å². The highest BCUT2D eigenvalue weighted by Crippen LogP contribution is 2.47. The van der Waals surface area contributed by atoms with Crippen molar-refractivity contribution in [2.45, 2.75) is 206 Å². The third kappa shape index (κ3) is 19.9. The summed E-state index contributed by atoms with van der Waals surface area (Å²) in [5.41, 5.74) is 11.4. The molecule has 240 valence electrons. The fourth-order valence-corrected chi connectivity index (χ4v) is 8.01. The van der Waals surface area contributed by atoms with E-state index < -0.39 is 0 Å². The second-order valence-electron chi connectivity index (χ2n) is 13.9. The quantitative estimate of drug-likeness (QED) is 0.0855. The van der Waals surface area contributed by atoms with E-state index in [9.17, 15) is 0 Å². The maximum atomic E-state index is 5.72. The molecule has 0 spiro atoms. The molecule has 0 heterocycles. The maximum absolute atomic E-state index is 5.72. The standard InChI is InChI=1S/C38H78N2/c1-3-5-7-9-15-21-27-35-31-32-36(28-22-16-11-13-19-25-33-39)38(30-24-18-12-14-20-26-34-40)37(35)29-23-17-10-8-6-4-2/h35-38H,3-34,39-40H2,1-2H3. The van der Waals surface area contributed by atoms with Gasteiger partial charge in [-0.2, -0.15) is 0 Å². The lowest BCUT2D eigenvalue weighted by Crippen LogP contribution is -2.35. The molecule has 1 fully saturated rings. The second-order valence-corrected chi connectivity index (χ2v) is 13.9. The lowest BCUT2D eigenvalue weighted by Gasteiger charge is -2.44. The zero-order valence-corrected chi connectivity index (χ0v) is 28.1. The number of hydrogen-bond acceptors (Lipinski definition) is 2. The van der Waals surface area contributed by atoms with Crippen molar-refractivity contribution < 1.29 is 0 Å². The van der Waals surface area contributed by atoms with Gasteiger partial charge in [0.25, 0.3) is 0 Å². The summed E-state index contributed by atoms with van der Waals surface area (Å²) in [4.78, 5) is 0. The fraction of sp³-hybridized carbons (Fsp3) is 1.00. The van der Waals surface area contributed by atoms with Crippen LogP contribution in [0.1, 0.15) is 206 Å². The Hall–Kier alpha value is -0.0800. The van der Waals surface area contributed by atoms with E-state index in [4.69, 9.17) is 11.5 Å². The van der Waals surface area contributed by atoms with Crippen LogP contribution in [0.15, 0.2) is 0 Å². The van der Waals surface area contributed by atoms with Crippen molar-refractivity contribution in [1.29, 1.82) is 0 Å². The van der Waals surface area contributed by atoms with Crippen LogP contribution in [0.4, 0.5) is 0 Å². The molecule has 1 saturated carbocycles. The van der Waals surface area contributed by atoms with Crippen molar-refractivity contribution in [2.75, 3.05) is 13.1 Å². The molecule has 0 amide bonds. The molecule has 4 N–H and O–H groups in total. The van der Waals surface area contributed by atoms with Gasteiger partial charge in [-0.15, -0.1) is 0 Å². The third-order valence-corrected chi connectivity index (χ3v) is 10.5. The van der Waals surface area contributed by atoms with Crippen LogP contribution in [0.25, 0.3) is 0 Å². The van der Waals surface area contributed by atoms with Crippen LogP contribution >= 0.6 is 0 Å². The fourth-order valence-electron chi connectivity index (χ4n) is 8.01. The van der Waals surface area contributed by atoms with Crippen molar-refractivity contribution >= 4 is 0 Å². The molecule has 2 heteroatoms. The molecule has 0 aliphatic heterocycles. The van der Waals surface area contributed by atoms with Gasteiger partial charge in [0.15, 0.2) is 0 Å². The predicted octanol–water partition coefficient (Wildman–Crippen LogP) is 12.1. The number of nitrogens with two attached hydrogens (primary N) is 2. The Kier molecular flexibility index (Phi) is 27.5. The molecule has 4 atom stereocenters. The summed E-state index contributed by atoms with van der Waals surface area (Å²) >= 11 is 0. The van der Waals surface area contributed by atoms with Crippen molar-refractivity contribution in [2.24, 2.45) is 35.1 Å². The highest BCUT2D eigenvalue weighted by atomic mass is 14.5. The first-order valence-electron chi connectivity index (χ1n) is 19.2. The van der Waals surface area contributed by atoms with Crippen molar-refractivity contribution in [3.8, 4) is 0 Å². The SMILES string of the molecule is CCCCCCCCC1CCC(CCCCCCCCN)C(CCCCCCCCN)C1CCCCCCCC. The minimum Gasteiger partial charge on any atom is -0.330 e. The summed E-state index contributed by atoms with van der Waals surface area (Å²) in [6, 6.07) is 0. The van der Waals surface area contributed by atoms with Crippen LogP contribution in [-0.2, 0) is 0 Å². The summed E-state index contributed by atoms with van der Waals surface area (Å²) in [6.07, 6.45) is 43.4. The van der Waals surface area contributed by atoms with Crippen LogP contribution in [0, 0.1) is 23.7 Å². The van der Waals surface area contributed by atoms with E-state index in [1.54, 1.807) is 19.3 Å². The minimum absolute atomic E-state index is 0.872. The number of hydrogen-bond donors (Lipinski definition) is 2. The van der Waals surface area contributed by atoms with Crippen molar-refractivity contribution in [1.82, 2.24) is 0 Å². The molecular weight excluding hydrogens is 484 g/mol. The van der Waals surface area contributed by atoms with Gasteiger partial charge in [-0.05, 0) is 75.3 Å². The Bertz CT molecular complexity index is 492. The summed E-state index contributed by atoms with van der Waals surface area (Å²) < 4.78 is 0. The van der Waals surface area contributed by atoms with Crippen molar-refractivity contribution in [3.05, 3.63) is 0 Å². The zero-order valence-electron chi connectivity index (χ0n) is 28.1. The largest absolute Gasteiger partial charge is 0.330 e. The second kappa shape index (κ2) is 29.0. The molecular formula is C38H78N2. The molecule has 0 aromatic rings. The topological polar surface area (TPSA) is 52.0 Å². The van der Waals surface area contributed by atoms with Crippen LogP contribution in [0.2, 0.25) is 0 Å². The monoisotopic (exact) mass is 563 g/mol. The van der Waals surface area contributed by atoms with Gasteiger partial charge in [0.2, 0.25) is 0 Å². The molecule has 40 heavy (non-hydrogen) atoms.